The minimum Gasteiger partial charge on any atom is -0.469 e. The second-order valence-corrected chi connectivity index (χ2v) is 6.67. The molecule has 0 amide bonds. The lowest BCUT2D eigenvalue weighted by Gasteiger charge is -2.09. The number of benzene rings is 1. The van der Waals surface area contributed by atoms with Crippen LogP contribution in [0.2, 0.25) is 10.0 Å². The molecule has 27 heavy (non-hydrogen) atoms. The van der Waals surface area contributed by atoms with Gasteiger partial charge >= 0.3 is 11.9 Å². The van der Waals surface area contributed by atoms with Crippen molar-refractivity contribution < 1.29 is 23.9 Å². The number of halogens is 2. The van der Waals surface area contributed by atoms with E-state index in [4.69, 9.17) is 27.9 Å². The van der Waals surface area contributed by atoms with E-state index in [1.807, 2.05) is 11.5 Å². The van der Waals surface area contributed by atoms with Gasteiger partial charge in [0.05, 0.1) is 29.1 Å². The van der Waals surface area contributed by atoms with Gasteiger partial charge in [0.1, 0.15) is 0 Å². The van der Waals surface area contributed by atoms with Crippen LogP contribution in [0.25, 0.3) is 0 Å². The molecule has 0 fully saturated rings. The third kappa shape index (κ3) is 4.90. The largest absolute Gasteiger partial charge is 0.469 e. The molecule has 0 aliphatic rings. The van der Waals surface area contributed by atoms with Crippen molar-refractivity contribution in [3.8, 4) is 0 Å². The fourth-order valence-corrected chi connectivity index (χ4v) is 3.26. The van der Waals surface area contributed by atoms with E-state index in [1.54, 1.807) is 19.1 Å². The molecule has 0 N–H and O–H groups in total. The van der Waals surface area contributed by atoms with Crippen LogP contribution in [-0.2, 0) is 20.8 Å². The number of ether oxygens (including phenoxy) is 2. The summed E-state index contributed by atoms with van der Waals surface area (Å²) in [7, 11) is 1.33. The number of nitrogens with zero attached hydrogens (tertiary/aromatic N) is 1. The van der Waals surface area contributed by atoms with Crippen molar-refractivity contribution in [2.24, 2.45) is 0 Å². The van der Waals surface area contributed by atoms with Gasteiger partial charge in [0, 0.05) is 23.5 Å². The third-order valence-electron chi connectivity index (χ3n) is 4.14. The molecular weight excluding hydrogens is 393 g/mol. The molecule has 0 saturated heterocycles. The van der Waals surface area contributed by atoms with Crippen molar-refractivity contribution in [3.63, 3.8) is 0 Å². The topological polar surface area (TPSA) is 74.6 Å². The fourth-order valence-electron chi connectivity index (χ4n) is 2.71. The van der Waals surface area contributed by atoms with Gasteiger partial charge in [-0.05, 0) is 32.0 Å². The zero-order valence-corrected chi connectivity index (χ0v) is 16.7. The number of rotatable bonds is 7. The first-order valence-corrected chi connectivity index (χ1v) is 8.89. The van der Waals surface area contributed by atoms with Crippen LogP contribution in [0.5, 0.6) is 0 Å². The SMILES string of the molecule is COC(=O)CCn1c(C)cc(C(=O)COC(=O)c2c(Cl)cccc2Cl)c1C. The molecule has 0 unspecified atom stereocenters. The quantitative estimate of drug-likeness (QED) is 0.508. The number of Topliss-reactive ketones (excluding diaryl/α,β-unsaturated/α-hetero) is 1. The van der Waals surface area contributed by atoms with E-state index in [2.05, 4.69) is 4.74 Å². The van der Waals surface area contributed by atoms with E-state index in [0.717, 1.165) is 5.69 Å². The van der Waals surface area contributed by atoms with Crippen LogP contribution in [0, 0.1) is 13.8 Å². The number of aromatic nitrogens is 1. The Morgan fingerprint density at radius 1 is 1.11 bits per heavy atom. The van der Waals surface area contributed by atoms with Crippen molar-refractivity contribution in [1.82, 2.24) is 4.57 Å². The highest BCUT2D eigenvalue weighted by Crippen LogP contribution is 2.25. The molecular formula is C19H19Cl2NO5. The Hall–Kier alpha value is -2.31. The van der Waals surface area contributed by atoms with Crippen LogP contribution < -0.4 is 0 Å². The van der Waals surface area contributed by atoms with Crippen molar-refractivity contribution in [3.05, 3.63) is 56.8 Å². The smallest absolute Gasteiger partial charge is 0.341 e. The maximum atomic E-state index is 12.5. The minimum atomic E-state index is -0.765. The Morgan fingerprint density at radius 3 is 2.33 bits per heavy atom. The van der Waals surface area contributed by atoms with Gasteiger partial charge in [-0.15, -0.1) is 0 Å². The number of hydrogen-bond donors (Lipinski definition) is 0. The molecule has 1 aromatic carbocycles. The molecule has 2 aromatic rings. The highest BCUT2D eigenvalue weighted by Gasteiger charge is 2.20. The average molecular weight is 412 g/mol. The second-order valence-electron chi connectivity index (χ2n) is 5.86. The summed E-state index contributed by atoms with van der Waals surface area (Å²) in [6, 6.07) is 6.34. The lowest BCUT2D eigenvalue weighted by atomic mass is 10.1. The molecule has 2 rings (SSSR count). The van der Waals surface area contributed by atoms with Crippen LogP contribution in [-0.4, -0.2) is 36.0 Å². The van der Waals surface area contributed by atoms with E-state index < -0.39 is 12.6 Å². The summed E-state index contributed by atoms with van der Waals surface area (Å²) in [5.74, 6) is -1.46. The Labute approximate surface area is 167 Å². The zero-order valence-electron chi connectivity index (χ0n) is 15.2. The standard InChI is InChI=1S/C19H19Cl2NO5/c1-11-9-13(12(2)22(11)8-7-17(24)26-3)16(23)10-27-19(25)18-14(20)5-4-6-15(18)21/h4-6,9H,7-8,10H2,1-3H3. The number of carbonyl (C=O) groups excluding carboxylic acids is 3. The molecule has 0 aliphatic carbocycles. The van der Waals surface area contributed by atoms with Gasteiger partial charge in [0.25, 0.3) is 0 Å². The number of ketones is 1. The van der Waals surface area contributed by atoms with E-state index in [0.29, 0.717) is 17.8 Å². The van der Waals surface area contributed by atoms with E-state index in [1.165, 1.54) is 19.2 Å². The van der Waals surface area contributed by atoms with Gasteiger partial charge in [0.15, 0.2) is 6.61 Å². The summed E-state index contributed by atoms with van der Waals surface area (Å²) in [6.07, 6.45) is 0.195. The Balaban J connectivity index is 2.08. The molecule has 1 heterocycles. The molecule has 0 aliphatic heterocycles. The molecule has 0 bridgehead atoms. The van der Waals surface area contributed by atoms with Crippen molar-refractivity contribution in [1.29, 1.82) is 0 Å². The summed E-state index contributed by atoms with van der Waals surface area (Å²) >= 11 is 11.9. The van der Waals surface area contributed by atoms with E-state index in [9.17, 15) is 14.4 Å². The second kappa shape index (κ2) is 9.06. The molecule has 6 nitrogen and oxygen atoms in total. The summed E-state index contributed by atoms with van der Waals surface area (Å²) < 4.78 is 11.6. The van der Waals surface area contributed by atoms with Crippen LogP contribution in [0.3, 0.4) is 0 Å². The van der Waals surface area contributed by atoms with Crippen LogP contribution >= 0.6 is 23.2 Å². The Kier molecular flexibility index (Phi) is 7.05. The zero-order chi connectivity index (χ0) is 20.1. The number of esters is 2. The van der Waals surface area contributed by atoms with Gasteiger partial charge in [-0.1, -0.05) is 29.3 Å². The average Bonchev–Trinajstić information content (AvgIpc) is 2.91. The summed E-state index contributed by atoms with van der Waals surface area (Å²) in [6.45, 7) is 3.55. The normalized spacial score (nSPS) is 10.6. The van der Waals surface area contributed by atoms with Crippen molar-refractivity contribution in [2.75, 3.05) is 13.7 Å². The highest BCUT2D eigenvalue weighted by molar-refractivity contribution is 6.39. The first-order valence-electron chi connectivity index (χ1n) is 8.14. The molecule has 144 valence electrons. The monoisotopic (exact) mass is 411 g/mol. The summed E-state index contributed by atoms with van der Waals surface area (Å²) in [5.41, 5.74) is 1.96. The lowest BCUT2D eigenvalue weighted by molar-refractivity contribution is -0.140. The van der Waals surface area contributed by atoms with Crippen LogP contribution in [0.1, 0.15) is 38.5 Å². The molecule has 8 heteroatoms. The third-order valence-corrected chi connectivity index (χ3v) is 4.77. The van der Waals surface area contributed by atoms with E-state index in [-0.39, 0.29) is 33.8 Å². The van der Waals surface area contributed by atoms with Crippen molar-refractivity contribution in [2.45, 2.75) is 26.8 Å². The molecule has 0 saturated carbocycles. The molecule has 0 spiro atoms. The van der Waals surface area contributed by atoms with Crippen LogP contribution in [0.15, 0.2) is 24.3 Å². The predicted molar refractivity (Wildman–Crippen MR) is 102 cm³/mol. The lowest BCUT2D eigenvalue weighted by Crippen LogP contribution is -2.16. The first-order chi connectivity index (χ1) is 12.8. The number of carbonyl (C=O) groups is 3. The van der Waals surface area contributed by atoms with Gasteiger partial charge in [0.2, 0.25) is 5.78 Å². The maximum Gasteiger partial charge on any atom is 0.341 e. The van der Waals surface area contributed by atoms with Crippen LogP contribution in [0.4, 0.5) is 0 Å². The summed E-state index contributed by atoms with van der Waals surface area (Å²) in [5, 5.41) is 0.307. The fraction of sp³-hybridized carbons (Fsp3) is 0.316. The minimum absolute atomic E-state index is 0.0252. The van der Waals surface area contributed by atoms with Gasteiger partial charge < -0.3 is 14.0 Å². The predicted octanol–water partition coefficient (Wildman–Crippen LogP) is 4.01. The Bertz CT molecular complexity index is 868. The first kappa shape index (κ1) is 21.0. The van der Waals surface area contributed by atoms with Gasteiger partial charge in [-0.3, -0.25) is 9.59 Å². The van der Waals surface area contributed by atoms with E-state index >= 15 is 0 Å². The number of aryl methyl sites for hydroxylation is 1. The van der Waals surface area contributed by atoms with Gasteiger partial charge in [-0.25, -0.2) is 4.79 Å². The maximum absolute atomic E-state index is 12.5. The highest BCUT2D eigenvalue weighted by atomic mass is 35.5. The Morgan fingerprint density at radius 2 is 1.74 bits per heavy atom. The van der Waals surface area contributed by atoms with Gasteiger partial charge in [-0.2, -0.15) is 0 Å². The molecule has 0 radical (unpaired) electrons. The summed E-state index contributed by atoms with van der Waals surface area (Å²) in [4.78, 5) is 36.0. The number of methoxy groups -OCH3 is 1. The number of hydrogen-bond acceptors (Lipinski definition) is 5. The van der Waals surface area contributed by atoms with Crippen molar-refractivity contribution >= 4 is 40.9 Å². The molecule has 1 aromatic heterocycles. The molecule has 0 atom stereocenters.